The topological polar surface area (TPSA) is 39.1 Å². The molecule has 0 saturated heterocycles. The van der Waals surface area contributed by atoms with Crippen LogP contribution in [0.1, 0.15) is 51.3 Å². The third kappa shape index (κ3) is 6.21. The summed E-state index contributed by atoms with van der Waals surface area (Å²) in [7, 11) is 1.98. The van der Waals surface area contributed by atoms with Crippen LogP contribution in [0.25, 0.3) is 0 Å². The third-order valence-corrected chi connectivity index (χ3v) is 3.06. The molecule has 0 bridgehead atoms. The number of hydrogen-bond acceptors (Lipinski definition) is 3. The lowest BCUT2D eigenvalue weighted by Crippen LogP contribution is -2.20. The van der Waals surface area contributed by atoms with Gasteiger partial charge in [0.2, 0.25) is 0 Å². The Balaban J connectivity index is 2.19. The Morgan fingerprint density at radius 3 is 2.63 bits per heavy atom. The standard InChI is InChI=1S/C15H29N3O/c1-12(2)6-8-19-9-7-16-10-14-11-18(5)17-15(14)13(3)4/h11-13,16H,6-10H2,1-5H3. The highest BCUT2D eigenvalue weighted by Gasteiger charge is 2.10. The maximum Gasteiger partial charge on any atom is 0.0694 e. The van der Waals surface area contributed by atoms with Crippen molar-refractivity contribution < 1.29 is 4.74 Å². The van der Waals surface area contributed by atoms with Gasteiger partial charge in [-0.25, -0.2) is 0 Å². The van der Waals surface area contributed by atoms with Crippen LogP contribution in [0.3, 0.4) is 0 Å². The van der Waals surface area contributed by atoms with Crippen molar-refractivity contribution in [2.24, 2.45) is 13.0 Å². The first-order valence-corrected chi connectivity index (χ1v) is 7.31. The van der Waals surface area contributed by atoms with E-state index >= 15 is 0 Å². The molecule has 0 atom stereocenters. The molecule has 1 heterocycles. The predicted molar refractivity (Wildman–Crippen MR) is 79.3 cm³/mol. The van der Waals surface area contributed by atoms with Crippen molar-refractivity contribution in [3.8, 4) is 0 Å². The van der Waals surface area contributed by atoms with Crippen molar-refractivity contribution in [1.82, 2.24) is 15.1 Å². The Hall–Kier alpha value is -0.870. The number of nitrogens with zero attached hydrogens (tertiary/aromatic N) is 2. The predicted octanol–water partition coefficient (Wildman–Crippen LogP) is 2.70. The van der Waals surface area contributed by atoms with Crippen molar-refractivity contribution in [2.75, 3.05) is 19.8 Å². The quantitative estimate of drug-likeness (QED) is 0.699. The van der Waals surface area contributed by atoms with Gasteiger partial charge in [-0.1, -0.05) is 27.7 Å². The summed E-state index contributed by atoms with van der Waals surface area (Å²) < 4.78 is 7.48. The number of nitrogens with one attached hydrogen (secondary N) is 1. The summed E-state index contributed by atoms with van der Waals surface area (Å²) in [6.07, 6.45) is 3.24. The van der Waals surface area contributed by atoms with E-state index in [1.165, 1.54) is 11.3 Å². The molecule has 0 saturated carbocycles. The van der Waals surface area contributed by atoms with E-state index in [9.17, 15) is 0 Å². The largest absolute Gasteiger partial charge is 0.380 e. The van der Waals surface area contributed by atoms with Crippen LogP contribution in [0.15, 0.2) is 6.20 Å². The average Bonchev–Trinajstić information content (AvgIpc) is 2.69. The number of aryl methyl sites for hydroxylation is 1. The molecule has 1 rings (SSSR count). The number of hydrogen-bond donors (Lipinski definition) is 1. The summed E-state index contributed by atoms with van der Waals surface area (Å²) in [5.74, 6) is 1.19. The number of ether oxygens (including phenoxy) is 1. The van der Waals surface area contributed by atoms with E-state index in [4.69, 9.17) is 4.74 Å². The molecule has 0 aliphatic rings. The summed E-state index contributed by atoms with van der Waals surface area (Å²) in [5, 5.41) is 7.92. The molecular formula is C15H29N3O. The second-order valence-corrected chi connectivity index (χ2v) is 5.84. The fourth-order valence-corrected chi connectivity index (χ4v) is 1.97. The third-order valence-electron chi connectivity index (χ3n) is 3.06. The molecule has 4 heteroatoms. The highest BCUT2D eigenvalue weighted by Crippen LogP contribution is 2.16. The lowest BCUT2D eigenvalue weighted by Gasteiger charge is -2.08. The minimum atomic E-state index is 0.472. The fourth-order valence-electron chi connectivity index (χ4n) is 1.97. The van der Waals surface area contributed by atoms with Gasteiger partial charge in [0.15, 0.2) is 0 Å². The van der Waals surface area contributed by atoms with Crippen molar-refractivity contribution in [3.05, 3.63) is 17.5 Å². The van der Waals surface area contributed by atoms with Crippen LogP contribution >= 0.6 is 0 Å². The van der Waals surface area contributed by atoms with E-state index in [1.54, 1.807) is 0 Å². The highest BCUT2D eigenvalue weighted by molar-refractivity contribution is 5.19. The van der Waals surface area contributed by atoms with E-state index in [0.717, 1.165) is 38.6 Å². The van der Waals surface area contributed by atoms with Gasteiger partial charge in [0.25, 0.3) is 0 Å². The molecule has 0 spiro atoms. The molecular weight excluding hydrogens is 238 g/mol. The molecule has 0 aromatic carbocycles. The fraction of sp³-hybridized carbons (Fsp3) is 0.800. The molecule has 0 radical (unpaired) electrons. The number of rotatable bonds is 9. The van der Waals surface area contributed by atoms with Crippen LogP contribution in [0, 0.1) is 5.92 Å². The first-order chi connectivity index (χ1) is 9.00. The second-order valence-electron chi connectivity index (χ2n) is 5.84. The van der Waals surface area contributed by atoms with Gasteiger partial charge in [0.1, 0.15) is 0 Å². The van der Waals surface area contributed by atoms with Crippen LogP contribution < -0.4 is 5.32 Å². The summed E-state index contributed by atoms with van der Waals surface area (Å²) >= 11 is 0. The molecule has 110 valence electrons. The van der Waals surface area contributed by atoms with Gasteiger partial charge < -0.3 is 10.1 Å². The molecule has 0 amide bonds. The van der Waals surface area contributed by atoms with Crippen LogP contribution in [0.2, 0.25) is 0 Å². The number of aromatic nitrogens is 2. The lowest BCUT2D eigenvalue weighted by atomic mass is 10.1. The van der Waals surface area contributed by atoms with Crippen LogP contribution in [0.5, 0.6) is 0 Å². The van der Waals surface area contributed by atoms with Crippen LogP contribution in [0.4, 0.5) is 0 Å². The zero-order valence-electron chi connectivity index (χ0n) is 13.1. The Morgan fingerprint density at radius 2 is 2.00 bits per heavy atom. The van der Waals surface area contributed by atoms with Crippen LogP contribution in [-0.2, 0) is 18.3 Å². The van der Waals surface area contributed by atoms with E-state index in [-0.39, 0.29) is 0 Å². The second kappa shape index (κ2) is 8.33. The van der Waals surface area contributed by atoms with E-state index in [0.29, 0.717) is 5.92 Å². The maximum absolute atomic E-state index is 5.58. The van der Waals surface area contributed by atoms with E-state index in [1.807, 2.05) is 11.7 Å². The molecule has 4 nitrogen and oxygen atoms in total. The van der Waals surface area contributed by atoms with Crippen molar-refractivity contribution in [2.45, 2.75) is 46.6 Å². The first-order valence-electron chi connectivity index (χ1n) is 7.31. The Bertz CT molecular complexity index is 358. The monoisotopic (exact) mass is 267 g/mol. The lowest BCUT2D eigenvalue weighted by molar-refractivity contribution is 0.125. The average molecular weight is 267 g/mol. The van der Waals surface area contributed by atoms with Gasteiger partial charge in [-0.2, -0.15) is 5.10 Å². The van der Waals surface area contributed by atoms with Gasteiger partial charge in [-0.15, -0.1) is 0 Å². The summed E-state index contributed by atoms with van der Waals surface area (Å²) in [6.45, 7) is 12.2. The molecule has 0 fully saturated rings. The smallest absolute Gasteiger partial charge is 0.0694 e. The van der Waals surface area contributed by atoms with E-state index in [2.05, 4.69) is 44.3 Å². The highest BCUT2D eigenvalue weighted by atomic mass is 16.5. The molecule has 1 N–H and O–H groups in total. The Labute approximate surface area is 117 Å². The van der Waals surface area contributed by atoms with Crippen molar-refractivity contribution in [3.63, 3.8) is 0 Å². The molecule has 0 unspecified atom stereocenters. The minimum absolute atomic E-state index is 0.472. The van der Waals surface area contributed by atoms with Crippen molar-refractivity contribution >= 4 is 0 Å². The molecule has 1 aromatic rings. The van der Waals surface area contributed by atoms with Gasteiger partial charge in [-0.3, -0.25) is 4.68 Å². The summed E-state index contributed by atoms with van der Waals surface area (Å²) in [5.41, 5.74) is 2.48. The van der Waals surface area contributed by atoms with Crippen LogP contribution in [-0.4, -0.2) is 29.5 Å². The molecule has 0 aliphatic carbocycles. The van der Waals surface area contributed by atoms with Crippen molar-refractivity contribution in [1.29, 1.82) is 0 Å². The SMILES string of the molecule is CC(C)CCOCCNCc1cn(C)nc1C(C)C. The normalized spacial score (nSPS) is 11.7. The summed E-state index contributed by atoms with van der Waals surface area (Å²) in [6, 6.07) is 0. The first kappa shape index (κ1) is 16.2. The summed E-state index contributed by atoms with van der Waals surface area (Å²) in [4.78, 5) is 0. The van der Waals surface area contributed by atoms with Gasteiger partial charge in [0.05, 0.1) is 12.3 Å². The molecule has 0 aliphatic heterocycles. The van der Waals surface area contributed by atoms with Gasteiger partial charge >= 0.3 is 0 Å². The zero-order valence-corrected chi connectivity index (χ0v) is 13.1. The zero-order chi connectivity index (χ0) is 14.3. The maximum atomic E-state index is 5.58. The molecule has 1 aromatic heterocycles. The minimum Gasteiger partial charge on any atom is -0.380 e. The van der Waals surface area contributed by atoms with E-state index < -0.39 is 0 Å². The Kier molecular flexibility index (Phi) is 7.10. The van der Waals surface area contributed by atoms with Gasteiger partial charge in [0, 0.05) is 38.5 Å². The van der Waals surface area contributed by atoms with Gasteiger partial charge in [-0.05, 0) is 18.3 Å². The molecule has 19 heavy (non-hydrogen) atoms. The Morgan fingerprint density at radius 1 is 1.26 bits per heavy atom.